The summed E-state index contributed by atoms with van der Waals surface area (Å²) in [5.74, 6) is 0.167. The van der Waals surface area contributed by atoms with E-state index in [9.17, 15) is 0 Å². The molecule has 0 radical (unpaired) electrons. The van der Waals surface area contributed by atoms with Gasteiger partial charge in [-0.2, -0.15) is 5.26 Å². The minimum Gasteiger partial charge on any atom is -0.513 e. The monoisotopic (exact) mass is 111 g/mol. The summed E-state index contributed by atoms with van der Waals surface area (Å²) in [4.78, 5) is 0. The molecule has 2 nitrogen and oxygen atoms in total. The van der Waals surface area contributed by atoms with Gasteiger partial charge >= 0.3 is 0 Å². The van der Waals surface area contributed by atoms with Crippen LogP contribution in [0.15, 0.2) is 12.3 Å². The van der Waals surface area contributed by atoms with Crippen molar-refractivity contribution < 1.29 is 5.11 Å². The van der Waals surface area contributed by atoms with Crippen molar-refractivity contribution in [1.82, 2.24) is 0 Å². The van der Waals surface area contributed by atoms with Gasteiger partial charge in [0.05, 0.1) is 11.8 Å². The van der Waals surface area contributed by atoms with Crippen LogP contribution >= 0.6 is 0 Å². The lowest BCUT2D eigenvalue weighted by atomic mass is 10.2. The van der Waals surface area contributed by atoms with E-state index >= 15 is 0 Å². The van der Waals surface area contributed by atoms with Crippen LogP contribution in [-0.4, -0.2) is 5.11 Å². The van der Waals surface area contributed by atoms with Gasteiger partial charge in [-0.15, -0.1) is 0 Å². The van der Waals surface area contributed by atoms with E-state index in [1.165, 1.54) is 0 Å². The SMILES string of the molecule is C=C(O)CCCC#N. The van der Waals surface area contributed by atoms with Gasteiger partial charge < -0.3 is 5.11 Å². The third kappa shape index (κ3) is 5.03. The Bertz CT molecular complexity index is 112. The summed E-state index contributed by atoms with van der Waals surface area (Å²) in [5.41, 5.74) is 0. The maximum absolute atomic E-state index is 8.48. The number of nitriles is 1. The molecule has 0 unspecified atom stereocenters. The number of aliphatic hydroxyl groups is 1. The lowest BCUT2D eigenvalue weighted by molar-refractivity contribution is 0.387. The second-order valence-electron chi connectivity index (χ2n) is 1.58. The Morgan fingerprint density at radius 1 is 1.75 bits per heavy atom. The van der Waals surface area contributed by atoms with Gasteiger partial charge in [-0.1, -0.05) is 6.58 Å². The fourth-order valence-electron chi connectivity index (χ4n) is 0.372. The molecule has 0 amide bonds. The summed E-state index contributed by atoms with van der Waals surface area (Å²) >= 11 is 0. The maximum Gasteiger partial charge on any atom is 0.0851 e. The molecule has 0 aromatic heterocycles. The minimum absolute atomic E-state index is 0.167. The second-order valence-corrected chi connectivity index (χ2v) is 1.58. The third-order valence-corrected chi connectivity index (χ3v) is 0.754. The van der Waals surface area contributed by atoms with Crippen molar-refractivity contribution >= 4 is 0 Å². The zero-order valence-corrected chi connectivity index (χ0v) is 4.72. The van der Waals surface area contributed by atoms with E-state index in [1.54, 1.807) is 0 Å². The number of aliphatic hydroxyl groups excluding tert-OH is 1. The lowest BCUT2D eigenvalue weighted by Crippen LogP contribution is -1.76. The number of hydrogen-bond donors (Lipinski definition) is 1. The standard InChI is InChI=1S/C6H9NO/c1-6(8)4-2-3-5-7/h8H,1-4H2. The van der Waals surface area contributed by atoms with Crippen LogP contribution < -0.4 is 0 Å². The average molecular weight is 111 g/mol. The molecule has 0 aliphatic carbocycles. The van der Waals surface area contributed by atoms with Crippen LogP contribution in [0.2, 0.25) is 0 Å². The van der Waals surface area contributed by atoms with Gasteiger partial charge in [0, 0.05) is 12.8 Å². The Morgan fingerprint density at radius 2 is 2.38 bits per heavy atom. The Hall–Kier alpha value is -0.970. The molecule has 0 bridgehead atoms. The van der Waals surface area contributed by atoms with E-state index < -0.39 is 0 Å². The number of hydrogen-bond acceptors (Lipinski definition) is 2. The molecular weight excluding hydrogens is 102 g/mol. The van der Waals surface area contributed by atoms with Crippen molar-refractivity contribution in [3.63, 3.8) is 0 Å². The predicted octanol–water partition coefficient (Wildman–Crippen LogP) is 1.75. The molecule has 0 aromatic rings. The molecule has 0 atom stereocenters. The van der Waals surface area contributed by atoms with Gasteiger partial charge in [0.15, 0.2) is 0 Å². The molecule has 0 heterocycles. The molecule has 0 aromatic carbocycles. The quantitative estimate of drug-likeness (QED) is 0.445. The molecule has 0 aliphatic rings. The van der Waals surface area contributed by atoms with Crippen LogP contribution in [0.5, 0.6) is 0 Å². The summed E-state index contributed by atoms with van der Waals surface area (Å²) in [7, 11) is 0. The van der Waals surface area contributed by atoms with Gasteiger partial charge in [0.2, 0.25) is 0 Å². The van der Waals surface area contributed by atoms with Crippen molar-refractivity contribution in [2.75, 3.05) is 0 Å². The first kappa shape index (κ1) is 7.03. The predicted molar refractivity (Wildman–Crippen MR) is 31.2 cm³/mol. The van der Waals surface area contributed by atoms with E-state index in [0.29, 0.717) is 19.3 Å². The van der Waals surface area contributed by atoms with Crippen molar-refractivity contribution in [2.45, 2.75) is 19.3 Å². The average Bonchev–Trinajstić information content (AvgIpc) is 1.66. The van der Waals surface area contributed by atoms with Gasteiger partial charge in [0.25, 0.3) is 0 Å². The van der Waals surface area contributed by atoms with Crippen molar-refractivity contribution in [1.29, 1.82) is 5.26 Å². The van der Waals surface area contributed by atoms with Crippen LogP contribution in [0.1, 0.15) is 19.3 Å². The normalized spacial score (nSPS) is 7.88. The molecule has 0 rings (SSSR count). The Kier molecular flexibility index (Phi) is 3.69. The first-order valence-electron chi connectivity index (χ1n) is 2.51. The number of unbranched alkanes of at least 4 members (excludes halogenated alkanes) is 1. The summed E-state index contributed by atoms with van der Waals surface area (Å²) in [5, 5.41) is 16.5. The molecule has 0 spiro atoms. The Labute approximate surface area is 49.1 Å². The van der Waals surface area contributed by atoms with Crippen LogP contribution in [0.25, 0.3) is 0 Å². The summed E-state index contributed by atoms with van der Waals surface area (Å²) in [6.07, 6.45) is 1.76. The summed E-state index contributed by atoms with van der Waals surface area (Å²) in [6.45, 7) is 3.27. The number of nitrogens with zero attached hydrogens (tertiary/aromatic N) is 1. The first-order valence-corrected chi connectivity index (χ1v) is 2.51. The zero-order chi connectivity index (χ0) is 6.41. The molecule has 1 N–H and O–H groups in total. The van der Waals surface area contributed by atoms with Crippen LogP contribution in [0, 0.1) is 11.3 Å². The van der Waals surface area contributed by atoms with Crippen molar-refractivity contribution in [3.05, 3.63) is 12.3 Å². The first-order chi connectivity index (χ1) is 3.77. The van der Waals surface area contributed by atoms with E-state index in [2.05, 4.69) is 6.58 Å². The smallest absolute Gasteiger partial charge is 0.0851 e. The molecule has 44 valence electrons. The largest absolute Gasteiger partial charge is 0.513 e. The number of rotatable bonds is 3. The maximum atomic E-state index is 8.48. The summed E-state index contributed by atoms with van der Waals surface area (Å²) < 4.78 is 0. The zero-order valence-electron chi connectivity index (χ0n) is 4.72. The molecular formula is C6H9NO. The van der Waals surface area contributed by atoms with Gasteiger partial charge in [-0.05, 0) is 6.42 Å². The van der Waals surface area contributed by atoms with E-state index in [1.807, 2.05) is 6.07 Å². The topological polar surface area (TPSA) is 44.0 Å². The van der Waals surface area contributed by atoms with Crippen LogP contribution in [0.3, 0.4) is 0 Å². The third-order valence-electron chi connectivity index (χ3n) is 0.754. The van der Waals surface area contributed by atoms with Gasteiger partial charge in [-0.25, -0.2) is 0 Å². The van der Waals surface area contributed by atoms with Crippen LogP contribution in [0.4, 0.5) is 0 Å². The molecule has 0 fully saturated rings. The number of allylic oxidation sites excluding steroid dienone is 1. The van der Waals surface area contributed by atoms with Gasteiger partial charge in [-0.3, -0.25) is 0 Å². The highest BCUT2D eigenvalue weighted by molar-refractivity contribution is 4.80. The lowest BCUT2D eigenvalue weighted by Gasteiger charge is -1.89. The highest BCUT2D eigenvalue weighted by atomic mass is 16.3. The second kappa shape index (κ2) is 4.20. The molecule has 0 aliphatic heterocycles. The molecule has 2 heteroatoms. The van der Waals surface area contributed by atoms with Gasteiger partial charge in [0.1, 0.15) is 0 Å². The summed E-state index contributed by atoms with van der Waals surface area (Å²) in [6, 6.07) is 1.97. The minimum atomic E-state index is 0.167. The fraction of sp³-hybridized carbons (Fsp3) is 0.500. The Morgan fingerprint density at radius 3 is 2.75 bits per heavy atom. The van der Waals surface area contributed by atoms with E-state index in [-0.39, 0.29) is 5.76 Å². The van der Waals surface area contributed by atoms with Crippen LogP contribution in [-0.2, 0) is 0 Å². The molecule has 8 heavy (non-hydrogen) atoms. The Balaban J connectivity index is 2.97. The molecule has 0 saturated heterocycles. The van der Waals surface area contributed by atoms with Crippen molar-refractivity contribution in [3.8, 4) is 6.07 Å². The highest BCUT2D eigenvalue weighted by Gasteiger charge is 1.86. The highest BCUT2D eigenvalue weighted by Crippen LogP contribution is 1.99. The fourth-order valence-corrected chi connectivity index (χ4v) is 0.372. The van der Waals surface area contributed by atoms with E-state index in [0.717, 1.165) is 0 Å². The molecule has 0 saturated carbocycles. The van der Waals surface area contributed by atoms with E-state index in [4.69, 9.17) is 10.4 Å². The van der Waals surface area contributed by atoms with Crippen molar-refractivity contribution in [2.24, 2.45) is 0 Å².